The van der Waals surface area contributed by atoms with E-state index < -0.39 is 0 Å². The first-order chi connectivity index (χ1) is 14.7. The third kappa shape index (κ3) is 4.86. The molecule has 1 N–H and O–H groups in total. The predicted molar refractivity (Wildman–Crippen MR) is 114 cm³/mol. The van der Waals surface area contributed by atoms with E-state index in [1.165, 1.54) is 0 Å². The molecule has 1 amide bonds. The van der Waals surface area contributed by atoms with E-state index in [2.05, 4.69) is 15.3 Å². The van der Waals surface area contributed by atoms with Crippen molar-refractivity contribution in [2.75, 3.05) is 21.3 Å². The quantitative estimate of drug-likeness (QED) is 0.585. The molecule has 0 fully saturated rings. The van der Waals surface area contributed by atoms with Gasteiger partial charge in [-0.3, -0.25) is 14.8 Å². The number of aromatic nitrogens is 2. The molecule has 0 bridgehead atoms. The lowest BCUT2D eigenvalue weighted by atomic mass is 10.1. The fraction of sp³-hybridized carbons (Fsp3) is 0.261. The van der Waals surface area contributed by atoms with Gasteiger partial charge in [0.1, 0.15) is 0 Å². The van der Waals surface area contributed by atoms with Gasteiger partial charge < -0.3 is 19.5 Å². The molecule has 156 valence electrons. The number of nitrogens with one attached hydrogen (secondary N) is 1. The van der Waals surface area contributed by atoms with E-state index in [0.29, 0.717) is 36.6 Å². The maximum Gasteiger partial charge on any atom is 0.220 e. The zero-order valence-electron chi connectivity index (χ0n) is 17.3. The van der Waals surface area contributed by atoms with Gasteiger partial charge in [0.05, 0.1) is 27.0 Å². The Morgan fingerprint density at radius 3 is 2.37 bits per heavy atom. The van der Waals surface area contributed by atoms with Crippen LogP contribution in [-0.4, -0.2) is 37.2 Å². The van der Waals surface area contributed by atoms with E-state index in [1.807, 2.05) is 36.4 Å². The zero-order valence-corrected chi connectivity index (χ0v) is 17.3. The van der Waals surface area contributed by atoms with E-state index in [4.69, 9.17) is 14.2 Å². The minimum Gasteiger partial charge on any atom is -0.493 e. The largest absolute Gasteiger partial charge is 0.493 e. The molecule has 0 spiro atoms. The minimum atomic E-state index is -0.0589. The van der Waals surface area contributed by atoms with Crippen molar-refractivity contribution in [2.45, 2.75) is 19.4 Å². The lowest BCUT2D eigenvalue weighted by molar-refractivity contribution is -0.121. The Morgan fingerprint density at radius 2 is 1.67 bits per heavy atom. The highest BCUT2D eigenvalue weighted by molar-refractivity contribution is 5.77. The van der Waals surface area contributed by atoms with Crippen LogP contribution in [0.4, 0.5) is 0 Å². The molecular weight excluding hydrogens is 382 g/mol. The van der Waals surface area contributed by atoms with Crippen molar-refractivity contribution in [1.82, 2.24) is 15.3 Å². The van der Waals surface area contributed by atoms with E-state index in [9.17, 15) is 4.79 Å². The molecule has 0 aliphatic carbocycles. The van der Waals surface area contributed by atoms with Crippen LogP contribution in [-0.2, 0) is 17.8 Å². The number of pyridine rings is 2. The molecule has 2 aromatic heterocycles. The summed E-state index contributed by atoms with van der Waals surface area (Å²) in [4.78, 5) is 21.0. The number of carbonyl (C=O) groups is 1. The Bertz CT molecular complexity index is 993. The summed E-state index contributed by atoms with van der Waals surface area (Å²) in [5.74, 6) is 1.63. The topological polar surface area (TPSA) is 82.6 Å². The summed E-state index contributed by atoms with van der Waals surface area (Å²) in [6, 6.07) is 11.3. The van der Waals surface area contributed by atoms with Gasteiger partial charge in [-0.15, -0.1) is 0 Å². The molecule has 0 saturated heterocycles. The summed E-state index contributed by atoms with van der Waals surface area (Å²) in [6.45, 7) is 0.396. The van der Waals surface area contributed by atoms with Crippen molar-refractivity contribution in [1.29, 1.82) is 0 Å². The average Bonchev–Trinajstić information content (AvgIpc) is 2.81. The summed E-state index contributed by atoms with van der Waals surface area (Å²) in [5.41, 5.74) is 3.62. The van der Waals surface area contributed by atoms with Crippen LogP contribution in [0.2, 0.25) is 0 Å². The Morgan fingerprint density at radius 1 is 0.900 bits per heavy atom. The van der Waals surface area contributed by atoms with Gasteiger partial charge in [-0.05, 0) is 41.8 Å². The Labute approximate surface area is 176 Å². The third-order valence-corrected chi connectivity index (χ3v) is 4.73. The predicted octanol–water partition coefficient (Wildman–Crippen LogP) is 3.42. The van der Waals surface area contributed by atoms with Crippen molar-refractivity contribution in [3.8, 4) is 28.5 Å². The Hall–Kier alpha value is -3.61. The number of methoxy groups -OCH3 is 3. The average molecular weight is 407 g/mol. The van der Waals surface area contributed by atoms with E-state index in [0.717, 1.165) is 22.4 Å². The van der Waals surface area contributed by atoms with E-state index in [1.54, 1.807) is 39.9 Å². The van der Waals surface area contributed by atoms with E-state index >= 15 is 0 Å². The molecular formula is C23H25N3O4. The first-order valence-electron chi connectivity index (χ1n) is 9.56. The number of nitrogens with zero attached hydrogens (tertiary/aromatic N) is 2. The fourth-order valence-electron chi connectivity index (χ4n) is 3.24. The van der Waals surface area contributed by atoms with Crippen LogP contribution < -0.4 is 19.5 Å². The fourth-order valence-corrected chi connectivity index (χ4v) is 3.24. The summed E-state index contributed by atoms with van der Waals surface area (Å²) in [5, 5.41) is 2.98. The first-order valence-corrected chi connectivity index (χ1v) is 9.56. The molecule has 7 nitrogen and oxygen atoms in total. The minimum absolute atomic E-state index is 0.0589. The van der Waals surface area contributed by atoms with Crippen molar-refractivity contribution in [3.05, 3.63) is 66.1 Å². The van der Waals surface area contributed by atoms with Gasteiger partial charge in [-0.2, -0.15) is 0 Å². The van der Waals surface area contributed by atoms with Crippen molar-refractivity contribution in [3.63, 3.8) is 0 Å². The maximum absolute atomic E-state index is 12.5. The number of aryl methyl sites for hydroxylation is 1. The monoisotopic (exact) mass is 407 g/mol. The molecule has 30 heavy (non-hydrogen) atoms. The van der Waals surface area contributed by atoms with Crippen LogP contribution in [0, 0.1) is 0 Å². The SMILES string of the molecule is COc1ccc(CCC(=O)NCc2cccnc2-c2ccncc2)c(OC)c1OC. The van der Waals surface area contributed by atoms with Crippen LogP contribution in [0.5, 0.6) is 17.2 Å². The van der Waals surface area contributed by atoms with Crippen LogP contribution in [0.15, 0.2) is 55.0 Å². The number of carbonyl (C=O) groups excluding carboxylic acids is 1. The highest BCUT2D eigenvalue weighted by atomic mass is 16.5. The molecule has 2 heterocycles. The standard InChI is InChI=1S/C23H25N3O4/c1-28-19-8-6-17(22(29-2)23(19)30-3)7-9-20(27)26-15-18-5-4-12-25-21(18)16-10-13-24-14-11-16/h4-6,8,10-14H,7,9,15H2,1-3H3,(H,26,27). The first kappa shape index (κ1) is 21.1. The third-order valence-electron chi connectivity index (χ3n) is 4.73. The normalized spacial score (nSPS) is 10.4. The molecule has 0 atom stereocenters. The van der Waals surface area contributed by atoms with Gasteiger partial charge in [-0.1, -0.05) is 12.1 Å². The Balaban J connectivity index is 1.65. The van der Waals surface area contributed by atoms with Crippen molar-refractivity contribution >= 4 is 5.91 Å². The second kappa shape index (κ2) is 10.2. The summed E-state index contributed by atoms with van der Waals surface area (Å²) in [7, 11) is 4.71. The lowest BCUT2D eigenvalue weighted by Crippen LogP contribution is -2.23. The number of benzene rings is 1. The van der Waals surface area contributed by atoms with Gasteiger partial charge in [0.2, 0.25) is 11.7 Å². The number of hydrogen-bond donors (Lipinski definition) is 1. The number of ether oxygens (including phenoxy) is 3. The summed E-state index contributed by atoms with van der Waals surface area (Å²) in [6.07, 6.45) is 6.02. The van der Waals surface area contributed by atoms with Crippen LogP contribution >= 0.6 is 0 Å². The van der Waals surface area contributed by atoms with Crippen molar-refractivity contribution < 1.29 is 19.0 Å². The van der Waals surface area contributed by atoms with Gasteiger partial charge in [0, 0.05) is 37.1 Å². The molecule has 1 aromatic carbocycles. The van der Waals surface area contributed by atoms with Gasteiger partial charge in [-0.25, -0.2) is 0 Å². The molecule has 7 heteroatoms. The van der Waals surface area contributed by atoms with Crippen LogP contribution in [0.3, 0.4) is 0 Å². The number of rotatable bonds is 9. The van der Waals surface area contributed by atoms with Crippen LogP contribution in [0.25, 0.3) is 11.3 Å². The molecule has 0 aliphatic rings. The molecule has 3 aromatic rings. The smallest absolute Gasteiger partial charge is 0.220 e. The van der Waals surface area contributed by atoms with E-state index in [-0.39, 0.29) is 5.91 Å². The van der Waals surface area contributed by atoms with Crippen LogP contribution in [0.1, 0.15) is 17.5 Å². The lowest BCUT2D eigenvalue weighted by Gasteiger charge is -2.15. The molecule has 0 aliphatic heterocycles. The van der Waals surface area contributed by atoms with Crippen molar-refractivity contribution in [2.24, 2.45) is 0 Å². The zero-order chi connectivity index (χ0) is 21.3. The molecule has 3 rings (SSSR count). The second-order valence-electron chi connectivity index (χ2n) is 6.52. The van der Waals surface area contributed by atoms with Gasteiger partial charge in [0.15, 0.2) is 11.5 Å². The molecule has 0 unspecified atom stereocenters. The molecule has 0 saturated carbocycles. The molecule has 0 radical (unpaired) electrons. The maximum atomic E-state index is 12.5. The Kier molecular flexibility index (Phi) is 7.21. The number of hydrogen-bond acceptors (Lipinski definition) is 6. The highest BCUT2D eigenvalue weighted by Crippen LogP contribution is 2.40. The highest BCUT2D eigenvalue weighted by Gasteiger charge is 2.16. The van der Waals surface area contributed by atoms with Gasteiger partial charge in [0.25, 0.3) is 0 Å². The number of amides is 1. The van der Waals surface area contributed by atoms with Gasteiger partial charge >= 0.3 is 0 Å². The summed E-state index contributed by atoms with van der Waals surface area (Å²) < 4.78 is 16.2. The summed E-state index contributed by atoms with van der Waals surface area (Å²) >= 11 is 0. The second-order valence-corrected chi connectivity index (χ2v) is 6.52.